The van der Waals surface area contributed by atoms with E-state index in [1.807, 2.05) is 17.9 Å². The first-order chi connectivity index (χ1) is 13.6. The Bertz CT molecular complexity index is 823. The van der Waals surface area contributed by atoms with Crippen molar-refractivity contribution in [3.05, 3.63) is 41.4 Å². The number of ether oxygens (including phenoxy) is 1. The van der Waals surface area contributed by atoms with Gasteiger partial charge in [-0.3, -0.25) is 4.79 Å². The van der Waals surface area contributed by atoms with E-state index in [4.69, 9.17) is 9.26 Å². The highest BCUT2D eigenvalue weighted by Gasteiger charge is 2.26. The highest BCUT2D eigenvalue weighted by atomic mass is 32.2. The van der Waals surface area contributed by atoms with Crippen LogP contribution in [0.3, 0.4) is 0 Å². The third-order valence-corrected chi connectivity index (χ3v) is 5.81. The fourth-order valence-electron chi connectivity index (χ4n) is 3.33. The molecule has 0 aliphatic carbocycles. The summed E-state index contributed by atoms with van der Waals surface area (Å²) in [7, 11) is 0. The van der Waals surface area contributed by atoms with Gasteiger partial charge in [0.2, 0.25) is 0 Å². The summed E-state index contributed by atoms with van der Waals surface area (Å²) >= 11 is 1.38. The van der Waals surface area contributed by atoms with Gasteiger partial charge in [0.25, 0.3) is 5.91 Å². The molecule has 1 amide bonds. The van der Waals surface area contributed by atoms with Gasteiger partial charge in [0.05, 0.1) is 11.3 Å². The van der Waals surface area contributed by atoms with Gasteiger partial charge in [0, 0.05) is 30.6 Å². The number of amides is 1. The third kappa shape index (κ3) is 5.13. The lowest BCUT2D eigenvalue weighted by Crippen LogP contribution is -2.45. The van der Waals surface area contributed by atoms with Crippen molar-refractivity contribution in [1.29, 1.82) is 0 Å². The molecule has 8 heteroatoms. The second-order valence-corrected chi connectivity index (χ2v) is 7.76. The fourth-order valence-corrected chi connectivity index (χ4v) is 4.19. The number of hydrogen-bond acceptors (Lipinski definition) is 7. The number of aromatic nitrogens is 2. The minimum Gasteiger partial charge on any atom is -0.452 e. The van der Waals surface area contributed by atoms with E-state index >= 15 is 0 Å². The summed E-state index contributed by atoms with van der Waals surface area (Å²) in [6, 6.07) is 5.43. The van der Waals surface area contributed by atoms with Crippen LogP contribution >= 0.6 is 11.8 Å². The van der Waals surface area contributed by atoms with Gasteiger partial charge in [-0.1, -0.05) is 23.8 Å². The first-order valence-corrected chi connectivity index (χ1v) is 10.5. The normalized spacial score (nSPS) is 16.8. The Hall–Kier alpha value is -2.35. The molecule has 1 fully saturated rings. The molecule has 0 unspecified atom stereocenters. The Morgan fingerprint density at radius 3 is 3.00 bits per heavy atom. The molecule has 3 rings (SSSR count). The third-order valence-electron chi connectivity index (χ3n) is 4.77. The summed E-state index contributed by atoms with van der Waals surface area (Å²) in [6.45, 7) is 4.40. The highest BCUT2D eigenvalue weighted by molar-refractivity contribution is 7.98. The number of nitrogens with zero attached hydrogens (tertiary/aromatic N) is 3. The smallest absolute Gasteiger partial charge is 0.341 e. The van der Waals surface area contributed by atoms with Crippen LogP contribution in [0.1, 0.15) is 54.4 Å². The van der Waals surface area contributed by atoms with Gasteiger partial charge >= 0.3 is 5.97 Å². The van der Waals surface area contributed by atoms with Gasteiger partial charge in [-0.2, -0.15) is 0 Å². The molecule has 1 aliphatic rings. The van der Waals surface area contributed by atoms with E-state index in [-0.39, 0.29) is 18.6 Å². The monoisotopic (exact) mass is 403 g/mol. The van der Waals surface area contributed by atoms with Crippen LogP contribution in [0.4, 0.5) is 0 Å². The summed E-state index contributed by atoms with van der Waals surface area (Å²) < 4.78 is 10.4. The molecule has 2 aromatic heterocycles. The number of hydrogen-bond donors (Lipinski definition) is 0. The van der Waals surface area contributed by atoms with Crippen LogP contribution in [0.25, 0.3) is 0 Å². The lowest BCUT2D eigenvalue weighted by atomic mass is 10.00. The molecule has 1 saturated heterocycles. The Kier molecular flexibility index (Phi) is 7.08. The molecule has 0 saturated carbocycles. The summed E-state index contributed by atoms with van der Waals surface area (Å²) in [4.78, 5) is 31.2. The lowest BCUT2D eigenvalue weighted by Gasteiger charge is -2.35. The molecule has 0 bridgehead atoms. The maximum Gasteiger partial charge on any atom is 0.341 e. The molecule has 1 atom stereocenters. The molecule has 0 spiro atoms. The van der Waals surface area contributed by atoms with Crippen LogP contribution in [-0.2, 0) is 15.3 Å². The number of esters is 1. The van der Waals surface area contributed by atoms with Crippen molar-refractivity contribution in [3.8, 4) is 0 Å². The molecule has 28 heavy (non-hydrogen) atoms. The zero-order valence-electron chi connectivity index (χ0n) is 16.2. The van der Waals surface area contributed by atoms with E-state index in [1.54, 1.807) is 18.3 Å². The summed E-state index contributed by atoms with van der Waals surface area (Å²) in [5.41, 5.74) is 1.13. The Balaban J connectivity index is 1.58. The topological polar surface area (TPSA) is 85.5 Å². The SMILES string of the molecule is CC[C@@H]1CCCCN1C(=O)COC(=O)c1cccnc1SCc1cc(C)on1. The zero-order valence-corrected chi connectivity index (χ0v) is 17.0. The predicted octanol–water partition coefficient (Wildman–Crippen LogP) is 3.62. The van der Waals surface area contributed by atoms with Crippen molar-refractivity contribution >= 4 is 23.6 Å². The number of thioether (sulfide) groups is 1. The maximum absolute atomic E-state index is 12.5. The molecule has 0 aromatic carbocycles. The molecule has 0 radical (unpaired) electrons. The summed E-state index contributed by atoms with van der Waals surface area (Å²) in [5, 5.41) is 4.49. The number of rotatable bonds is 7. The summed E-state index contributed by atoms with van der Waals surface area (Å²) in [5.74, 6) is 0.596. The van der Waals surface area contributed by atoms with Crippen molar-refractivity contribution in [2.24, 2.45) is 0 Å². The number of aryl methyl sites for hydroxylation is 1. The number of carbonyl (C=O) groups excluding carboxylic acids is 2. The number of likely N-dealkylation sites (tertiary alicyclic amines) is 1. The lowest BCUT2D eigenvalue weighted by molar-refractivity contribution is -0.138. The minimum absolute atomic E-state index is 0.129. The standard InChI is InChI=1S/C20H25N3O4S/c1-3-16-7-4-5-10-23(16)18(24)12-26-20(25)17-8-6-9-21-19(17)28-13-15-11-14(2)27-22-15/h6,8-9,11,16H,3-5,7,10,12-13H2,1-2H3/t16-/m1/s1. The second kappa shape index (κ2) is 9.73. The Labute approximate surface area is 168 Å². The van der Waals surface area contributed by atoms with Crippen molar-refractivity contribution in [3.63, 3.8) is 0 Å². The van der Waals surface area contributed by atoms with Gasteiger partial charge in [-0.25, -0.2) is 9.78 Å². The van der Waals surface area contributed by atoms with E-state index in [0.29, 0.717) is 16.3 Å². The number of pyridine rings is 1. The van der Waals surface area contributed by atoms with Crippen molar-refractivity contribution in [2.45, 2.75) is 56.4 Å². The van der Waals surface area contributed by atoms with E-state index in [0.717, 1.165) is 43.7 Å². The van der Waals surface area contributed by atoms with E-state index in [9.17, 15) is 9.59 Å². The van der Waals surface area contributed by atoms with Crippen LogP contribution in [0.2, 0.25) is 0 Å². The fraction of sp³-hybridized carbons (Fsp3) is 0.500. The second-order valence-electron chi connectivity index (χ2n) is 6.79. The van der Waals surface area contributed by atoms with Crippen LogP contribution in [-0.4, -0.2) is 46.1 Å². The molecule has 7 nitrogen and oxygen atoms in total. The van der Waals surface area contributed by atoms with Crippen molar-refractivity contribution in [2.75, 3.05) is 13.2 Å². The van der Waals surface area contributed by atoms with E-state index in [1.165, 1.54) is 11.8 Å². The number of piperidine rings is 1. The average Bonchev–Trinajstić information content (AvgIpc) is 3.15. The minimum atomic E-state index is -0.537. The number of carbonyl (C=O) groups is 2. The first kappa shape index (κ1) is 20.4. The van der Waals surface area contributed by atoms with Crippen LogP contribution < -0.4 is 0 Å². The van der Waals surface area contributed by atoms with E-state index < -0.39 is 5.97 Å². The Morgan fingerprint density at radius 1 is 1.39 bits per heavy atom. The molecular formula is C20H25N3O4S. The molecular weight excluding hydrogens is 378 g/mol. The van der Waals surface area contributed by atoms with Gasteiger partial charge in [-0.05, 0) is 44.7 Å². The van der Waals surface area contributed by atoms with Crippen LogP contribution in [0, 0.1) is 6.92 Å². The molecule has 0 N–H and O–H groups in total. The highest BCUT2D eigenvalue weighted by Crippen LogP contribution is 2.25. The molecule has 150 valence electrons. The molecule has 1 aliphatic heterocycles. The Morgan fingerprint density at radius 2 is 2.25 bits per heavy atom. The largest absolute Gasteiger partial charge is 0.452 e. The van der Waals surface area contributed by atoms with Gasteiger partial charge in [0.1, 0.15) is 10.8 Å². The molecule has 2 aromatic rings. The molecule has 3 heterocycles. The van der Waals surface area contributed by atoms with Crippen LogP contribution in [0.5, 0.6) is 0 Å². The van der Waals surface area contributed by atoms with Crippen molar-refractivity contribution in [1.82, 2.24) is 15.0 Å². The van der Waals surface area contributed by atoms with Gasteiger partial charge in [0.15, 0.2) is 6.61 Å². The average molecular weight is 404 g/mol. The predicted molar refractivity (Wildman–Crippen MR) is 105 cm³/mol. The first-order valence-electron chi connectivity index (χ1n) is 9.55. The van der Waals surface area contributed by atoms with Crippen LogP contribution in [0.15, 0.2) is 33.9 Å². The van der Waals surface area contributed by atoms with E-state index in [2.05, 4.69) is 17.1 Å². The maximum atomic E-state index is 12.5. The van der Waals surface area contributed by atoms with Gasteiger partial charge in [-0.15, -0.1) is 0 Å². The van der Waals surface area contributed by atoms with Gasteiger partial charge < -0.3 is 14.2 Å². The summed E-state index contributed by atoms with van der Waals surface area (Å²) in [6.07, 6.45) is 5.70. The quantitative estimate of drug-likeness (QED) is 0.515. The zero-order chi connectivity index (χ0) is 19.9. The van der Waals surface area contributed by atoms with Crippen molar-refractivity contribution < 1.29 is 18.8 Å².